The van der Waals surface area contributed by atoms with Crippen molar-refractivity contribution in [2.75, 3.05) is 6.61 Å². The summed E-state index contributed by atoms with van der Waals surface area (Å²) in [4.78, 5) is 24.2. The number of ether oxygens (including phenoxy) is 1. The molecule has 0 aliphatic heterocycles. The lowest BCUT2D eigenvalue weighted by Gasteiger charge is -2.07. The fraction of sp³-hybridized carbons (Fsp3) is 0.111. The Hall–Kier alpha value is -2.93. The van der Waals surface area contributed by atoms with Crippen LogP contribution in [0.25, 0.3) is 10.9 Å². The van der Waals surface area contributed by atoms with Crippen LogP contribution in [0.1, 0.15) is 17.3 Å². The molecule has 7 heteroatoms. The Kier molecular flexibility index (Phi) is 4.41. The van der Waals surface area contributed by atoms with Gasteiger partial charge in [-0.25, -0.2) is 17.2 Å². The van der Waals surface area contributed by atoms with Crippen molar-refractivity contribution in [2.45, 2.75) is 11.8 Å². The van der Waals surface area contributed by atoms with E-state index in [1.807, 2.05) is 0 Å². The Bertz CT molecular complexity index is 1050. The topological polar surface area (TPSA) is 82.4 Å². The average Bonchev–Trinajstić information content (AvgIpc) is 3.02. The van der Waals surface area contributed by atoms with Gasteiger partial charge in [0.2, 0.25) is 0 Å². The molecule has 0 bridgehead atoms. The molecule has 0 saturated carbocycles. The first kappa shape index (κ1) is 16.9. The van der Waals surface area contributed by atoms with Crippen LogP contribution in [0, 0.1) is 0 Å². The molecule has 6 nitrogen and oxygen atoms in total. The zero-order chi connectivity index (χ0) is 18.0. The van der Waals surface area contributed by atoms with Crippen molar-refractivity contribution in [3.8, 4) is 0 Å². The molecule has 2 aromatic carbocycles. The zero-order valence-corrected chi connectivity index (χ0v) is 14.2. The van der Waals surface area contributed by atoms with Gasteiger partial charge in [-0.3, -0.25) is 4.79 Å². The van der Waals surface area contributed by atoms with E-state index in [-0.39, 0.29) is 17.1 Å². The number of rotatable bonds is 5. The number of carbonyl (C=O) groups is 2. The van der Waals surface area contributed by atoms with Crippen molar-refractivity contribution in [2.24, 2.45) is 0 Å². The van der Waals surface area contributed by atoms with Gasteiger partial charge in [-0.2, -0.15) is 0 Å². The molecule has 0 N–H and O–H groups in total. The van der Waals surface area contributed by atoms with Gasteiger partial charge in [-0.1, -0.05) is 36.4 Å². The summed E-state index contributed by atoms with van der Waals surface area (Å²) >= 11 is 0. The summed E-state index contributed by atoms with van der Waals surface area (Å²) in [5.74, 6) is -1.89. The minimum atomic E-state index is -3.90. The number of Topliss-reactive ketones (excluding diaryl/α,β-unsaturated/α-hetero) is 1. The van der Waals surface area contributed by atoms with Crippen molar-refractivity contribution >= 4 is 32.7 Å². The summed E-state index contributed by atoms with van der Waals surface area (Å²) in [5.41, 5.74) is 0.313. The summed E-state index contributed by atoms with van der Waals surface area (Å²) in [5, 5.41) is 0.375. The van der Waals surface area contributed by atoms with E-state index in [9.17, 15) is 18.0 Å². The highest BCUT2D eigenvalue weighted by molar-refractivity contribution is 7.90. The van der Waals surface area contributed by atoms with Crippen LogP contribution in [0.5, 0.6) is 0 Å². The summed E-state index contributed by atoms with van der Waals surface area (Å²) in [7, 11) is -3.90. The van der Waals surface area contributed by atoms with Crippen LogP contribution in [-0.2, 0) is 19.6 Å². The SMILES string of the molecule is CCOC(=O)C(=O)c1cn(S(=O)(=O)c2ccccc2)c2ccccc12. The maximum atomic E-state index is 12.9. The van der Waals surface area contributed by atoms with Crippen LogP contribution >= 0.6 is 0 Å². The zero-order valence-electron chi connectivity index (χ0n) is 13.4. The molecule has 0 unspecified atom stereocenters. The summed E-state index contributed by atoms with van der Waals surface area (Å²) in [6.45, 7) is 1.65. The molecule has 0 spiro atoms. The summed E-state index contributed by atoms with van der Waals surface area (Å²) in [6.07, 6.45) is 1.17. The van der Waals surface area contributed by atoms with E-state index in [4.69, 9.17) is 4.74 Å². The highest BCUT2D eigenvalue weighted by Gasteiger charge is 2.26. The third-order valence-electron chi connectivity index (χ3n) is 3.68. The molecule has 0 radical (unpaired) electrons. The number of benzene rings is 2. The van der Waals surface area contributed by atoms with E-state index < -0.39 is 21.8 Å². The van der Waals surface area contributed by atoms with Crippen LogP contribution in [0.3, 0.4) is 0 Å². The normalized spacial score (nSPS) is 11.4. The smallest absolute Gasteiger partial charge is 0.379 e. The van der Waals surface area contributed by atoms with Crippen LogP contribution in [0.4, 0.5) is 0 Å². The van der Waals surface area contributed by atoms with E-state index in [1.165, 1.54) is 18.3 Å². The first-order valence-electron chi connectivity index (χ1n) is 7.59. The average molecular weight is 357 g/mol. The molecular formula is C18H15NO5S. The van der Waals surface area contributed by atoms with Gasteiger partial charge in [0, 0.05) is 11.6 Å². The van der Waals surface area contributed by atoms with Crippen molar-refractivity contribution < 1.29 is 22.7 Å². The third kappa shape index (κ3) is 2.94. The molecule has 3 aromatic rings. The maximum absolute atomic E-state index is 12.9. The maximum Gasteiger partial charge on any atom is 0.379 e. The number of hydrogen-bond donors (Lipinski definition) is 0. The third-order valence-corrected chi connectivity index (χ3v) is 5.37. The Balaban J connectivity index is 2.22. The van der Waals surface area contributed by atoms with Crippen molar-refractivity contribution in [1.29, 1.82) is 0 Å². The van der Waals surface area contributed by atoms with Gasteiger partial charge in [-0.15, -0.1) is 0 Å². The number of aromatic nitrogens is 1. The molecule has 0 atom stereocenters. The second kappa shape index (κ2) is 6.52. The standard InChI is InChI=1S/C18H15NO5S/c1-2-24-18(21)17(20)15-12-19(16-11-7-6-10-14(15)16)25(22,23)13-8-4-3-5-9-13/h3-12H,2H2,1H3. The lowest BCUT2D eigenvalue weighted by molar-refractivity contribution is -0.137. The second-order valence-corrected chi connectivity index (χ2v) is 7.04. The van der Waals surface area contributed by atoms with Crippen molar-refractivity contribution in [3.05, 3.63) is 66.4 Å². The predicted octanol–water partition coefficient (Wildman–Crippen LogP) is 2.62. The van der Waals surface area contributed by atoms with Gasteiger partial charge in [0.05, 0.1) is 22.6 Å². The number of nitrogens with zero attached hydrogens (tertiary/aromatic N) is 1. The van der Waals surface area contributed by atoms with Crippen LogP contribution in [-0.4, -0.2) is 30.7 Å². The molecule has 25 heavy (non-hydrogen) atoms. The molecular weight excluding hydrogens is 342 g/mol. The molecule has 0 fully saturated rings. The minimum Gasteiger partial charge on any atom is -0.460 e. The number of carbonyl (C=O) groups excluding carboxylic acids is 2. The number of para-hydroxylation sites is 1. The minimum absolute atomic E-state index is 0.00597. The van der Waals surface area contributed by atoms with Crippen LogP contribution < -0.4 is 0 Å². The van der Waals surface area contributed by atoms with Crippen LogP contribution in [0.2, 0.25) is 0 Å². The van der Waals surface area contributed by atoms with E-state index >= 15 is 0 Å². The Morgan fingerprint density at radius 3 is 2.32 bits per heavy atom. The molecule has 1 aromatic heterocycles. The van der Waals surface area contributed by atoms with Crippen LogP contribution in [0.15, 0.2) is 65.7 Å². The monoisotopic (exact) mass is 357 g/mol. The Morgan fingerprint density at radius 1 is 1.00 bits per heavy atom. The van der Waals surface area contributed by atoms with E-state index in [0.717, 1.165) is 3.97 Å². The number of ketones is 1. The highest BCUT2D eigenvalue weighted by Crippen LogP contribution is 2.26. The molecule has 1 heterocycles. The molecule has 128 valence electrons. The van der Waals surface area contributed by atoms with Gasteiger partial charge >= 0.3 is 5.97 Å². The van der Waals surface area contributed by atoms with Gasteiger partial charge in [0.1, 0.15) is 0 Å². The number of fused-ring (bicyclic) bond motifs is 1. The first-order chi connectivity index (χ1) is 12.0. The number of hydrogen-bond acceptors (Lipinski definition) is 5. The van der Waals surface area contributed by atoms with Crippen molar-refractivity contribution in [3.63, 3.8) is 0 Å². The molecule has 0 aliphatic rings. The van der Waals surface area contributed by atoms with Gasteiger partial charge in [0.15, 0.2) is 0 Å². The lowest BCUT2D eigenvalue weighted by Crippen LogP contribution is -2.17. The molecule has 0 aliphatic carbocycles. The van der Waals surface area contributed by atoms with E-state index in [1.54, 1.807) is 49.4 Å². The molecule has 3 rings (SSSR count). The van der Waals surface area contributed by atoms with E-state index in [2.05, 4.69) is 0 Å². The molecule has 0 amide bonds. The fourth-order valence-corrected chi connectivity index (χ4v) is 3.93. The van der Waals surface area contributed by atoms with Crippen molar-refractivity contribution in [1.82, 2.24) is 3.97 Å². The van der Waals surface area contributed by atoms with Gasteiger partial charge in [-0.05, 0) is 25.1 Å². The quantitative estimate of drug-likeness (QED) is 0.398. The fourth-order valence-electron chi connectivity index (χ4n) is 2.54. The summed E-state index contributed by atoms with van der Waals surface area (Å²) < 4.78 is 31.6. The first-order valence-corrected chi connectivity index (χ1v) is 9.03. The van der Waals surface area contributed by atoms with Gasteiger partial charge < -0.3 is 4.74 Å². The Labute approximate surface area is 144 Å². The summed E-state index contributed by atoms with van der Waals surface area (Å²) in [6, 6.07) is 14.4. The van der Waals surface area contributed by atoms with Gasteiger partial charge in [0.25, 0.3) is 15.8 Å². The number of esters is 1. The Morgan fingerprint density at radius 2 is 1.64 bits per heavy atom. The predicted molar refractivity (Wildman–Crippen MR) is 91.9 cm³/mol. The van der Waals surface area contributed by atoms with E-state index in [0.29, 0.717) is 10.9 Å². The lowest BCUT2D eigenvalue weighted by atomic mass is 10.1. The molecule has 0 saturated heterocycles. The second-order valence-electron chi connectivity index (χ2n) is 5.22. The largest absolute Gasteiger partial charge is 0.460 e. The highest BCUT2D eigenvalue weighted by atomic mass is 32.2.